The smallest absolute Gasteiger partial charge is 0.290 e. The fourth-order valence-electron chi connectivity index (χ4n) is 7.27. The molecule has 5 aliphatic rings. The number of benzene rings is 1. The van der Waals surface area contributed by atoms with Gasteiger partial charge in [-0.25, -0.2) is 0 Å². The quantitative estimate of drug-likeness (QED) is 0.584. The fourth-order valence-corrected chi connectivity index (χ4v) is 8.20. The van der Waals surface area contributed by atoms with Crippen LogP contribution in [-0.4, -0.2) is 60.5 Å². The second kappa shape index (κ2) is 7.35. The molecule has 1 spiro atoms. The number of phenolic OH excluding ortho intramolecular Hbond substituents is 1. The Balaban J connectivity index is 1.27. The molecule has 1 aromatic carbocycles. The van der Waals surface area contributed by atoms with Gasteiger partial charge < -0.3 is 19.4 Å². The van der Waals surface area contributed by atoms with Crippen molar-refractivity contribution in [1.29, 1.82) is 0 Å². The van der Waals surface area contributed by atoms with E-state index < -0.39 is 33.3 Å². The lowest BCUT2D eigenvalue weighted by atomic mass is 9.48. The summed E-state index contributed by atoms with van der Waals surface area (Å²) in [6, 6.07) is 5.17. The summed E-state index contributed by atoms with van der Waals surface area (Å²) in [4.78, 5) is 2.44. The van der Waals surface area contributed by atoms with Crippen molar-refractivity contribution in [2.75, 3.05) is 13.1 Å². The normalized spacial score (nSPS) is 35.7. The number of nitrogens with zero attached hydrogens (tertiary/aromatic N) is 1. The number of rotatable bonds is 6. The van der Waals surface area contributed by atoms with E-state index in [1.807, 2.05) is 6.07 Å². The SMILES string of the molecule is O=S(=O)(/C=C/c1ccoc1)O[C@H]1CC[C@@]2(O)[C@H]3Cc4ccc(O)c5c4[C@@]2(CCN3CC2CC2)[C@H]1O5. The van der Waals surface area contributed by atoms with Gasteiger partial charge in [0.25, 0.3) is 10.1 Å². The Morgan fingerprint density at radius 1 is 1.20 bits per heavy atom. The average Bonchev–Trinajstić information content (AvgIpc) is 3.33. The lowest BCUT2D eigenvalue weighted by Crippen LogP contribution is -2.77. The number of furan rings is 1. The van der Waals surface area contributed by atoms with Crippen LogP contribution in [0.4, 0.5) is 0 Å². The van der Waals surface area contributed by atoms with Gasteiger partial charge in [-0.15, -0.1) is 0 Å². The van der Waals surface area contributed by atoms with Crippen molar-refractivity contribution in [2.24, 2.45) is 5.92 Å². The second-order valence-electron chi connectivity index (χ2n) is 10.8. The van der Waals surface area contributed by atoms with Crippen LogP contribution in [0.25, 0.3) is 6.08 Å². The molecular weight excluding hydrogens is 470 g/mol. The summed E-state index contributed by atoms with van der Waals surface area (Å²) in [5.74, 6) is 1.10. The Hall–Kier alpha value is -2.33. The summed E-state index contributed by atoms with van der Waals surface area (Å²) in [5, 5.41) is 24.1. The van der Waals surface area contributed by atoms with Crippen LogP contribution in [0, 0.1) is 5.92 Å². The summed E-state index contributed by atoms with van der Waals surface area (Å²) < 4.78 is 42.9. The monoisotopic (exact) mass is 499 g/mol. The Bertz CT molecular complexity index is 1300. The van der Waals surface area contributed by atoms with E-state index in [1.54, 1.807) is 12.1 Å². The standard InChI is InChI=1S/C26H29NO7S/c28-19-4-3-18-13-21-26(29)8-5-20(34-35(30,31)12-7-17-6-11-32-15-17)24-25(26,22(18)23(19)33-24)9-10-27(21)14-16-1-2-16/h3-4,6-7,11-12,15-16,20-21,24,28-29H,1-2,5,8-10,13-14H2/b12-7+/t20-,21+,24-,25-,26+/m0/s1. The number of phenols is 1. The lowest BCUT2D eigenvalue weighted by molar-refractivity contribution is -0.204. The van der Waals surface area contributed by atoms with E-state index >= 15 is 0 Å². The van der Waals surface area contributed by atoms with E-state index in [2.05, 4.69) is 4.90 Å². The first-order chi connectivity index (χ1) is 16.8. The number of hydrogen-bond donors (Lipinski definition) is 2. The van der Waals surface area contributed by atoms with Crippen molar-refractivity contribution >= 4 is 16.2 Å². The van der Waals surface area contributed by atoms with E-state index in [0.29, 0.717) is 42.9 Å². The molecule has 9 heteroatoms. The summed E-state index contributed by atoms with van der Waals surface area (Å²) in [5.41, 5.74) is 0.649. The van der Waals surface area contributed by atoms with Crippen LogP contribution >= 0.6 is 0 Å². The maximum absolute atomic E-state index is 12.9. The molecule has 0 amide bonds. The predicted octanol–water partition coefficient (Wildman–Crippen LogP) is 2.94. The van der Waals surface area contributed by atoms with Crippen LogP contribution in [0.5, 0.6) is 11.5 Å². The summed E-state index contributed by atoms with van der Waals surface area (Å²) in [7, 11) is -4.03. The van der Waals surface area contributed by atoms with Crippen LogP contribution in [0.1, 0.15) is 48.8 Å². The van der Waals surface area contributed by atoms with Gasteiger partial charge in [0.05, 0.1) is 29.0 Å². The summed E-state index contributed by atoms with van der Waals surface area (Å²) in [6.45, 7) is 1.79. The molecule has 3 heterocycles. The van der Waals surface area contributed by atoms with E-state index in [0.717, 1.165) is 29.6 Å². The number of piperidine rings is 1. The second-order valence-corrected chi connectivity index (χ2v) is 12.3. The molecule has 7 rings (SSSR count). The van der Waals surface area contributed by atoms with Crippen LogP contribution in [-0.2, 0) is 26.1 Å². The maximum atomic E-state index is 12.9. The number of aliphatic hydroxyl groups is 1. The molecule has 3 aliphatic carbocycles. The highest BCUT2D eigenvalue weighted by Crippen LogP contribution is 2.66. The minimum absolute atomic E-state index is 0.0233. The summed E-state index contributed by atoms with van der Waals surface area (Å²) in [6.07, 6.45) is 7.44. The van der Waals surface area contributed by atoms with Gasteiger partial charge in [-0.1, -0.05) is 6.07 Å². The number of hydrogen-bond acceptors (Lipinski definition) is 8. The summed E-state index contributed by atoms with van der Waals surface area (Å²) >= 11 is 0. The first kappa shape index (κ1) is 21.9. The van der Waals surface area contributed by atoms with E-state index in [9.17, 15) is 18.6 Å². The van der Waals surface area contributed by atoms with E-state index in [1.165, 1.54) is 31.4 Å². The maximum Gasteiger partial charge on any atom is 0.290 e. The van der Waals surface area contributed by atoms with Crippen molar-refractivity contribution < 1.29 is 32.0 Å². The molecule has 3 fully saturated rings. The highest BCUT2D eigenvalue weighted by Gasteiger charge is 2.73. The van der Waals surface area contributed by atoms with Gasteiger partial charge in [0.15, 0.2) is 11.5 Å². The first-order valence-corrected chi connectivity index (χ1v) is 13.9. The third kappa shape index (κ3) is 3.11. The molecule has 186 valence electrons. The van der Waals surface area contributed by atoms with Crippen LogP contribution in [0.3, 0.4) is 0 Å². The van der Waals surface area contributed by atoms with Crippen molar-refractivity contribution in [1.82, 2.24) is 4.90 Å². The molecule has 2 bridgehead atoms. The lowest BCUT2D eigenvalue weighted by Gasteiger charge is -2.64. The zero-order valence-electron chi connectivity index (χ0n) is 19.3. The van der Waals surface area contributed by atoms with E-state index in [-0.39, 0.29) is 11.8 Å². The predicted molar refractivity (Wildman–Crippen MR) is 126 cm³/mol. The van der Waals surface area contributed by atoms with Crippen molar-refractivity contribution in [2.45, 2.75) is 67.8 Å². The van der Waals surface area contributed by atoms with Crippen LogP contribution in [0.15, 0.2) is 40.6 Å². The average molecular weight is 500 g/mol. The zero-order chi connectivity index (χ0) is 24.0. The van der Waals surface area contributed by atoms with Gasteiger partial charge in [-0.2, -0.15) is 8.42 Å². The minimum atomic E-state index is -4.03. The third-order valence-corrected chi connectivity index (χ3v) is 9.92. The van der Waals surface area contributed by atoms with Gasteiger partial charge in [0.1, 0.15) is 12.2 Å². The Morgan fingerprint density at radius 2 is 2.06 bits per heavy atom. The van der Waals surface area contributed by atoms with Gasteiger partial charge in [-0.05, 0) is 74.8 Å². The highest BCUT2D eigenvalue weighted by molar-refractivity contribution is 7.89. The van der Waals surface area contributed by atoms with Gasteiger partial charge in [-0.3, -0.25) is 9.08 Å². The topological polar surface area (TPSA) is 109 Å². The van der Waals surface area contributed by atoms with E-state index in [4.69, 9.17) is 13.3 Å². The molecule has 2 aliphatic heterocycles. The molecule has 0 unspecified atom stereocenters. The Morgan fingerprint density at radius 3 is 2.83 bits per heavy atom. The van der Waals surface area contributed by atoms with Gasteiger partial charge in [0.2, 0.25) is 0 Å². The first-order valence-electron chi connectivity index (χ1n) is 12.4. The third-order valence-electron chi connectivity index (χ3n) is 8.94. The molecule has 5 atom stereocenters. The molecule has 2 saturated carbocycles. The molecule has 1 saturated heterocycles. The number of likely N-dealkylation sites (tertiary alicyclic amines) is 1. The van der Waals surface area contributed by atoms with Crippen LogP contribution in [0.2, 0.25) is 0 Å². The highest BCUT2D eigenvalue weighted by atomic mass is 32.2. The van der Waals surface area contributed by atoms with Gasteiger partial charge in [0, 0.05) is 23.7 Å². The molecule has 0 radical (unpaired) electrons. The fraction of sp³-hybridized carbons (Fsp3) is 0.538. The molecule has 35 heavy (non-hydrogen) atoms. The van der Waals surface area contributed by atoms with Gasteiger partial charge >= 0.3 is 0 Å². The van der Waals surface area contributed by atoms with Crippen molar-refractivity contribution in [3.8, 4) is 11.5 Å². The zero-order valence-corrected chi connectivity index (χ0v) is 20.1. The molecule has 2 aromatic rings. The molecule has 1 aromatic heterocycles. The number of aromatic hydroxyl groups is 1. The van der Waals surface area contributed by atoms with Crippen molar-refractivity contribution in [3.05, 3.63) is 52.8 Å². The Labute approximate surface area is 204 Å². The molecular formula is C26H29NO7S. The van der Waals surface area contributed by atoms with Crippen molar-refractivity contribution in [3.63, 3.8) is 0 Å². The Kier molecular flexibility index (Phi) is 4.60. The minimum Gasteiger partial charge on any atom is -0.504 e. The molecule has 2 N–H and O–H groups in total. The largest absolute Gasteiger partial charge is 0.504 e. The number of ether oxygens (including phenoxy) is 1. The van der Waals surface area contributed by atoms with Crippen LogP contribution < -0.4 is 4.74 Å². The molecule has 8 nitrogen and oxygen atoms in total.